The van der Waals surface area contributed by atoms with Gasteiger partial charge in [-0.05, 0) is 50.5 Å². The maximum Gasteiger partial charge on any atom is 0.272 e. The minimum Gasteiger partial charge on any atom is -0.393 e. The number of carbonyl (C=O) groups excluding carboxylic acids is 1. The number of benzene rings is 1. The van der Waals surface area contributed by atoms with Gasteiger partial charge in [0.25, 0.3) is 5.69 Å². The highest BCUT2D eigenvalue weighted by molar-refractivity contribution is 5.78. The van der Waals surface area contributed by atoms with Gasteiger partial charge in [-0.3, -0.25) is 14.9 Å². The van der Waals surface area contributed by atoms with Crippen LogP contribution in [0, 0.1) is 21.8 Å². The van der Waals surface area contributed by atoms with Gasteiger partial charge in [-0.25, -0.2) is 4.39 Å². The number of aliphatic hydroxyl groups excluding tert-OH is 1. The first kappa shape index (κ1) is 19.1. The van der Waals surface area contributed by atoms with E-state index in [2.05, 4.69) is 0 Å². The molecule has 3 heterocycles. The summed E-state index contributed by atoms with van der Waals surface area (Å²) in [6.07, 6.45) is 5.21. The monoisotopic (exact) mass is 391 g/mol. The number of anilines is 1. The minimum absolute atomic E-state index is 0.141. The highest BCUT2D eigenvalue weighted by Crippen LogP contribution is 2.37. The number of hydrogen-bond acceptors (Lipinski definition) is 5. The molecule has 3 aliphatic rings. The Bertz CT molecular complexity index is 760. The van der Waals surface area contributed by atoms with Crippen molar-refractivity contribution in [1.82, 2.24) is 4.90 Å². The zero-order valence-corrected chi connectivity index (χ0v) is 15.8. The number of piperidine rings is 2. The molecule has 3 saturated heterocycles. The second kappa shape index (κ2) is 7.66. The number of aliphatic hydroxyl groups is 1. The van der Waals surface area contributed by atoms with Gasteiger partial charge in [-0.1, -0.05) is 0 Å². The van der Waals surface area contributed by atoms with E-state index in [0.717, 1.165) is 31.7 Å². The van der Waals surface area contributed by atoms with Crippen LogP contribution in [-0.2, 0) is 4.79 Å². The van der Waals surface area contributed by atoms with Crippen LogP contribution in [0.25, 0.3) is 0 Å². The van der Waals surface area contributed by atoms with Crippen molar-refractivity contribution < 1.29 is 19.2 Å². The van der Waals surface area contributed by atoms with Gasteiger partial charge in [0.1, 0.15) is 0 Å². The van der Waals surface area contributed by atoms with E-state index >= 15 is 0 Å². The van der Waals surface area contributed by atoms with E-state index in [1.807, 2.05) is 9.80 Å². The lowest BCUT2D eigenvalue weighted by Crippen LogP contribution is -2.49. The Labute approximate surface area is 163 Å². The van der Waals surface area contributed by atoms with Crippen molar-refractivity contribution in [3.63, 3.8) is 0 Å². The average molecular weight is 391 g/mol. The molecule has 152 valence electrons. The zero-order chi connectivity index (χ0) is 19.8. The third-order valence-electron chi connectivity index (χ3n) is 6.46. The summed E-state index contributed by atoms with van der Waals surface area (Å²) in [4.78, 5) is 27.0. The number of halogens is 1. The smallest absolute Gasteiger partial charge is 0.272 e. The van der Waals surface area contributed by atoms with Crippen LogP contribution in [0.1, 0.15) is 44.9 Å². The molecule has 0 aromatic heterocycles. The van der Waals surface area contributed by atoms with Crippen LogP contribution in [0.2, 0.25) is 0 Å². The summed E-state index contributed by atoms with van der Waals surface area (Å²) in [7, 11) is 0. The molecule has 0 spiro atoms. The van der Waals surface area contributed by atoms with E-state index in [0.29, 0.717) is 38.0 Å². The molecule has 3 aliphatic heterocycles. The maximum absolute atomic E-state index is 14.4. The molecule has 1 amide bonds. The molecule has 0 aliphatic carbocycles. The van der Waals surface area contributed by atoms with Crippen molar-refractivity contribution in [2.45, 2.75) is 63.1 Å². The van der Waals surface area contributed by atoms with Crippen molar-refractivity contribution in [3.8, 4) is 0 Å². The first-order chi connectivity index (χ1) is 13.4. The highest BCUT2D eigenvalue weighted by Gasteiger charge is 2.43. The van der Waals surface area contributed by atoms with Gasteiger partial charge in [0.05, 0.1) is 22.8 Å². The standard InChI is InChI=1S/C20H26FN3O4/c21-18-11-16(24(27)28)5-6-19(18)22-7-1-2-13(12-22)8-20(26)23-14-3-4-15(23)10-17(25)9-14/h5-6,11,13-15,17,25H,1-4,7-10,12H2. The van der Waals surface area contributed by atoms with Gasteiger partial charge in [0, 0.05) is 37.7 Å². The fraction of sp³-hybridized carbons (Fsp3) is 0.650. The Morgan fingerprint density at radius 1 is 1.25 bits per heavy atom. The van der Waals surface area contributed by atoms with E-state index in [9.17, 15) is 24.4 Å². The van der Waals surface area contributed by atoms with Gasteiger partial charge < -0.3 is 14.9 Å². The summed E-state index contributed by atoms with van der Waals surface area (Å²) in [5.74, 6) is -0.304. The lowest BCUT2D eigenvalue weighted by molar-refractivity contribution is -0.385. The number of rotatable bonds is 4. The van der Waals surface area contributed by atoms with Gasteiger partial charge in [-0.15, -0.1) is 0 Å². The van der Waals surface area contributed by atoms with Gasteiger partial charge >= 0.3 is 0 Å². The van der Waals surface area contributed by atoms with E-state index in [4.69, 9.17) is 0 Å². The predicted molar refractivity (Wildman–Crippen MR) is 102 cm³/mol. The fourth-order valence-corrected chi connectivity index (χ4v) is 5.22. The van der Waals surface area contributed by atoms with Crippen molar-refractivity contribution in [2.24, 2.45) is 5.92 Å². The van der Waals surface area contributed by atoms with Crippen LogP contribution in [0.15, 0.2) is 18.2 Å². The predicted octanol–water partition coefficient (Wildman–Crippen LogP) is 2.85. The molecule has 1 aromatic rings. The Morgan fingerprint density at radius 3 is 2.61 bits per heavy atom. The molecular formula is C20H26FN3O4. The SMILES string of the molecule is O=C(CC1CCCN(c2ccc([N+](=O)[O-])cc2F)C1)N1C2CCC1CC(O)C2. The summed E-state index contributed by atoms with van der Waals surface area (Å²) in [5, 5.41) is 20.7. The average Bonchev–Trinajstić information content (AvgIpc) is 2.93. The minimum atomic E-state index is -0.603. The number of nitrogens with zero attached hydrogens (tertiary/aromatic N) is 3. The second-order valence-corrected chi connectivity index (χ2v) is 8.36. The normalized spacial score (nSPS) is 29.8. The Hall–Kier alpha value is -2.22. The quantitative estimate of drug-likeness (QED) is 0.630. The Balaban J connectivity index is 1.40. The molecule has 1 N–H and O–H groups in total. The Kier molecular flexibility index (Phi) is 5.23. The van der Waals surface area contributed by atoms with Crippen molar-refractivity contribution >= 4 is 17.3 Å². The fourth-order valence-electron chi connectivity index (χ4n) is 5.22. The molecular weight excluding hydrogens is 365 g/mol. The lowest BCUT2D eigenvalue weighted by atomic mass is 9.92. The molecule has 8 heteroatoms. The van der Waals surface area contributed by atoms with Crippen LogP contribution in [-0.4, -0.2) is 52.1 Å². The molecule has 4 rings (SSSR count). The van der Waals surface area contributed by atoms with E-state index in [-0.39, 0.29) is 35.7 Å². The molecule has 28 heavy (non-hydrogen) atoms. The molecule has 2 bridgehead atoms. The summed E-state index contributed by atoms with van der Waals surface area (Å²) in [6.45, 7) is 1.26. The molecule has 0 saturated carbocycles. The number of fused-ring (bicyclic) bond motifs is 2. The van der Waals surface area contributed by atoms with Crippen LogP contribution >= 0.6 is 0 Å². The van der Waals surface area contributed by atoms with Crippen LogP contribution in [0.4, 0.5) is 15.8 Å². The Morgan fingerprint density at radius 2 is 1.96 bits per heavy atom. The molecule has 1 aromatic carbocycles. The van der Waals surface area contributed by atoms with E-state index < -0.39 is 10.7 Å². The van der Waals surface area contributed by atoms with Crippen molar-refractivity contribution in [3.05, 3.63) is 34.1 Å². The molecule has 3 unspecified atom stereocenters. The summed E-state index contributed by atoms with van der Waals surface area (Å²) in [5.41, 5.74) is 0.108. The first-order valence-electron chi connectivity index (χ1n) is 10.1. The third-order valence-corrected chi connectivity index (χ3v) is 6.46. The highest BCUT2D eigenvalue weighted by atomic mass is 19.1. The maximum atomic E-state index is 14.4. The van der Waals surface area contributed by atoms with Gasteiger partial charge in [0.2, 0.25) is 5.91 Å². The zero-order valence-electron chi connectivity index (χ0n) is 15.8. The summed E-state index contributed by atoms with van der Waals surface area (Å²) < 4.78 is 14.4. The van der Waals surface area contributed by atoms with Crippen molar-refractivity contribution in [1.29, 1.82) is 0 Å². The van der Waals surface area contributed by atoms with Crippen LogP contribution in [0.5, 0.6) is 0 Å². The molecule has 3 atom stereocenters. The first-order valence-corrected chi connectivity index (χ1v) is 10.1. The third kappa shape index (κ3) is 3.70. The molecule has 3 fully saturated rings. The van der Waals surface area contributed by atoms with Crippen LogP contribution in [0.3, 0.4) is 0 Å². The van der Waals surface area contributed by atoms with Crippen molar-refractivity contribution in [2.75, 3.05) is 18.0 Å². The summed E-state index contributed by atoms with van der Waals surface area (Å²) in [6, 6.07) is 4.07. The molecule has 7 nitrogen and oxygen atoms in total. The lowest BCUT2D eigenvalue weighted by Gasteiger charge is -2.39. The van der Waals surface area contributed by atoms with Crippen LogP contribution < -0.4 is 4.90 Å². The van der Waals surface area contributed by atoms with Gasteiger partial charge in [0.15, 0.2) is 5.82 Å². The topological polar surface area (TPSA) is 86.9 Å². The number of hydrogen-bond donors (Lipinski definition) is 1. The summed E-state index contributed by atoms with van der Waals surface area (Å²) >= 11 is 0. The number of carbonyl (C=O) groups is 1. The number of non-ortho nitro benzene ring substituents is 1. The largest absolute Gasteiger partial charge is 0.393 e. The van der Waals surface area contributed by atoms with Gasteiger partial charge in [-0.2, -0.15) is 0 Å². The van der Waals surface area contributed by atoms with E-state index in [1.165, 1.54) is 12.1 Å². The number of nitro groups is 1. The van der Waals surface area contributed by atoms with E-state index in [1.54, 1.807) is 0 Å². The molecule has 0 radical (unpaired) electrons. The second-order valence-electron chi connectivity index (χ2n) is 8.36. The number of amides is 1. The number of nitro benzene ring substituents is 1.